The molecule has 0 saturated heterocycles. The fourth-order valence-corrected chi connectivity index (χ4v) is 6.85. The second-order valence-corrected chi connectivity index (χ2v) is 17.6. The molecule has 1 aromatic carbocycles. The van der Waals surface area contributed by atoms with Crippen LogP contribution in [0.25, 0.3) is 0 Å². The zero-order valence-corrected chi connectivity index (χ0v) is 38.3. The maximum Gasteiger partial charge on any atom is 0.258 e. The largest absolute Gasteiger partial charge is 0.484 e. The zero-order chi connectivity index (χ0) is 45.0. The van der Waals surface area contributed by atoms with Gasteiger partial charge in [0.05, 0.1) is 98.2 Å². The van der Waals surface area contributed by atoms with E-state index in [2.05, 4.69) is 36.3 Å². The lowest BCUT2D eigenvalue weighted by atomic mass is 10.0. The van der Waals surface area contributed by atoms with Crippen LogP contribution in [0, 0.1) is 0 Å². The van der Waals surface area contributed by atoms with E-state index >= 15 is 0 Å². The molecular formula is C39H57N10O11S3+. The van der Waals surface area contributed by atoms with Gasteiger partial charge in [-0.25, -0.2) is 9.36 Å². The highest BCUT2D eigenvalue weighted by molar-refractivity contribution is 8.14. The number of thioether (sulfide) groups is 3. The van der Waals surface area contributed by atoms with E-state index in [1.54, 1.807) is 44.8 Å². The molecule has 0 unspecified atom stereocenters. The Labute approximate surface area is 378 Å². The van der Waals surface area contributed by atoms with E-state index in [9.17, 15) is 19.2 Å². The minimum atomic E-state index is -1.24. The quantitative estimate of drug-likeness (QED) is 0.0500. The number of ether oxygens (including phenoxy) is 7. The predicted molar refractivity (Wildman–Crippen MR) is 232 cm³/mol. The molecule has 2 N–H and O–H groups in total. The summed E-state index contributed by atoms with van der Waals surface area (Å²) in [6.07, 6.45) is 5.29. The Bertz CT molecular complexity index is 1770. The first-order chi connectivity index (χ1) is 30.6. The monoisotopic (exact) mass is 937 g/mol. The van der Waals surface area contributed by atoms with Crippen molar-refractivity contribution in [3.63, 3.8) is 0 Å². The molecule has 3 aromatic heterocycles. The van der Waals surface area contributed by atoms with E-state index < -0.39 is 11.4 Å². The summed E-state index contributed by atoms with van der Waals surface area (Å²) in [5.74, 6) is 1.84. The van der Waals surface area contributed by atoms with Crippen LogP contribution in [0.3, 0.4) is 0 Å². The van der Waals surface area contributed by atoms with Crippen molar-refractivity contribution < 1.29 is 57.0 Å². The van der Waals surface area contributed by atoms with Gasteiger partial charge >= 0.3 is 0 Å². The van der Waals surface area contributed by atoms with Gasteiger partial charge in [0.2, 0.25) is 5.69 Å². The molecule has 4 aromatic rings. The van der Waals surface area contributed by atoms with Gasteiger partial charge in [0, 0.05) is 43.1 Å². The number of H-pyrrole nitrogens is 1. The van der Waals surface area contributed by atoms with E-state index in [-0.39, 0.29) is 61.6 Å². The number of hydrogen-bond acceptors (Lipinski definition) is 19. The summed E-state index contributed by atoms with van der Waals surface area (Å²) in [7, 11) is 0. The molecular weight excluding hydrogens is 881 g/mol. The van der Waals surface area contributed by atoms with Gasteiger partial charge in [-0.1, -0.05) is 69.1 Å². The maximum atomic E-state index is 13.6. The highest BCUT2D eigenvalue weighted by Gasteiger charge is 2.35. The first-order valence-electron chi connectivity index (χ1n) is 20.1. The second-order valence-electron chi connectivity index (χ2n) is 13.7. The molecule has 0 aliphatic rings. The van der Waals surface area contributed by atoms with E-state index in [0.29, 0.717) is 99.4 Å². The summed E-state index contributed by atoms with van der Waals surface area (Å²) in [4.78, 5) is 47.0. The van der Waals surface area contributed by atoms with Crippen molar-refractivity contribution in [1.82, 2.24) is 45.6 Å². The van der Waals surface area contributed by atoms with E-state index in [0.717, 1.165) is 0 Å². The number of carbonyl (C=O) groups excluding carboxylic acids is 4. The van der Waals surface area contributed by atoms with E-state index in [4.69, 9.17) is 33.2 Å². The smallest absolute Gasteiger partial charge is 0.258 e. The summed E-state index contributed by atoms with van der Waals surface area (Å²) in [6.45, 7) is 8.32. The van der Waals surface area contributed by atoms with Crippen LogP contribution in [-0.4, -0.2) is 150 Å². The summed E-state index contributed by atoms with van der Waals surface area (Å²) < 4.78 is 46.3. The number of rotatable bonds is 34. The number of nitrogens with one attached hydrogen (secondary N) is 2. The average Bonchev–Trinajstić information content (AvgIpc) is 4.03. The number of aromatic nitrogens is 9. The Morgan fingerprint density at radius 2 is 1.16 bits per heavy atom. The summed E-state index contributed by atoms with van der Waals surface area (Å²) >= 11 is 3.65. The summed E-state index contributed by atoms with van der Waals surface area (Å²) in [6, 6.07) is 8.99. The van der Waals surface area contributed by atoms with Gasteiger partial charge in [0.1, 0.15) is 35.8 Å². The SMILES string of the molecule is CC(=O)SCCOCCn1cc(COCC(COCc2cn(CCOCCSC(C)=O)nn2)(COCc2c[n+](CCOCCSC(C)=O)[nH]n2)NC(=O)COc2ccccc2)nn1. The molecule has 0 saturated carbocycles. The number of para-hydroxylation sites is 1. The van der Waals surface area contributed by atoms with Gasteiger partial charge in [-0.05, 0) is 12.1 Å². The van der Waals surface area contributed by atoms with E-state index in [1.165, 1.54) is 56.1 Å². The molecule has 21 nitrogen and oxygen atoms in total. The lowest BCUT2D eigenvalue weighted by Crippen LogP contribution is -2.59. The number of aromatic amines is 1. The Balaban J connectivity index is 1.40. The van der Waals surface area contributed by atoms with Crippen molar-refractivity contribution in [3.05, 3.63) is 66.0 Å². The first-order valence-corrected chi connectivity index (χ1v) is 23.1. The molecule has 0 aliphatic carbocycles. The topological polar surface area (TPSA) is 239 Å². The Morgan fingerprint density at radius 3 is 1.67 bits per heavy atom. The third-order valence-electron chi connectivity index (χ3n) is 8.21. The van der Waals surface area contributed by atoms with Crippen LogP contribution < -0.4 is 14.7 Å². The fourth-order valence-electron chi connectivity index (χ4n) is 5.38. The minimum Gasteiger partial charge on any atom is -0.484 e. The molecule has 0 aliphatic heterocycles. The van der Waals surface area contributed by atoms with Crippen molar-refractivity contribution in [2.45, 2.75) is 65.8 Å². The molecule has 24 heteroatoms. The van der Waals surface area contributed by atoms with Crippen LogP contribution >= 0.6 is 35.3 Å². The molecule has 346 valence electrons. The summed E-state index contributed by atoms with van der Waals surface area (Å²) in [5, 5.41) is 27.3. The van der Waals surface area contributed by atoms with Crippen molar-refractivity contribution in [2.75, 3.05) is 83.3 Å². The van der Waals surface area contributed by atoms with Gasteiger partial charge in [-0.15, -0.1) is 10.2 Å². The molecule has 4 rings (SSSR count). The Hall–Kier alpha value is -4.27. The van der Waals surface area contributed by atoms with Crippen LogP contribution in [0.5, 0.6) is 5.75 Å². The number of hydrogen-bond donors (Lipinski definition) is 2. The Morgan fingerprint density at radius 1 is 0.667 bits per heavy atom. The second kappa shape index (κ2) is 30.0. The summed E-state index contributed by atoms with van der Waals surface area (Å²) in [5.41, 5.74) is 0.474. The van der Waals surface area contributed by atoms with Crippen molar-refractivity contribution >= 4 is 56.5 Å². The van der Waals surface area contributed by atoms with Crippen molar-refractivity contribution in [1.29, 1.82) is 0 Å². The molecule has 0 atom stereocenters. The maximum absolute atomic E-state index is 13.6. The standard InChI is InChI=1S/C39H56N10O11S3/c1-31(50)61-18-15-54-12-9-47-21-34(41-44-47)24-57-28-39(40-38(53)27-60-37-7-5-4-6-8-37,29-58-25-35-22-48(45-42-35)10-13-55-16-19-62-32(2)51)30-59-26-36-23-49(46-43-36)11-14-56-17-20-63-33(3)52/h4-8,21-23H,9-20,24-30H2,1-3H3,(H,40,53)/p+1. The highest BCUT2D eigenvalue weighted by atomic mass is 32.2. The molecule has 0 radical (unpaired) electrons. The number of carbonyl (C=O) groups is 4. The number of nitrogens with zero attached hydrogens (tertiary/aromatic N) is 8. The third-order valence-corrected chi connectivity index (χ3v) is 10.5. The molecule has 0 bridgehead atoms. The van der Waals surface area contributed by atoms with Crippen LogP contribution in [0.2, 0.25) is 0 Å². The normalized spacial score (nSPS) is 11.5. The van der Waals surface area contributed by atoms with Gasteiger partial charge in [0.15, 0.2) is 28.1 Å². The molecule has 63 heavy (non-hydrogen) atoms. The number of benzene rings is 1. The predicted octanol–water partition coefficient (Wildman–Crippen LogP) is 1.65. The van der Waals surface area contributed by atoms with Gasteiger partial charge in [-0.2, -0.15) is 4.68 Å². The lowest BCUT2D eigenvalue weighted by Gasteiger charge is -2.34. The first kappa shape index (κ1) is 51.4. The van der Waals surface area contributed by atoms with Crippen LogP contribution in [0.15, 0.2) is 48.9 Å². The lowest BCUT2D eigenvalue weighted by molar-refractivity contribution is -0.754. The average molecular weight is 938 g/mol. The van der Waals surface area contributed by atoms with E-state index in [1.807, 2.05) is 18.2 Å². The Kier molecular flexibility index (Phi) is 24.4. The highest BCUT2D eigenvalue weighted by Crippen LogP contribution is 2.15. The van der Waals surface area contributed by atoms with Crippen molar-refractivity contribution in [2.24, 2.45) is 0 Å². The van der Waals surface area contributed by atoms with Gasteiger partial charge in [0.25, 0.3) is 5.91 Å². The third kappa shape index (κ3) is 22.8. The van der Waals surface area contributed by atoms with Gasteiger partial charge in [-0.3, -0.25) is 19.2 Å². The number of amides is 1. The van der Waals surface area contributed by atoms with Crippen LogP contribution in [0.4, 0.5) is 0 Å². The molecule has 0 fully saturated rings. The van der Waals surface area contributed by atoms with Gasteiger partial charge < -0.3 is 38.5 Å². The fraction of sp³-hybridized carbons (Fsp3) is 0.590. The van der Waals surface area contributed by atoms with Crippen molar-refractivity contribution in [3.8, 4) is 5.75 Å². The minimum absolute atomic E-state index is 0.0462. The van der Waals surface area contributed by atoms with Crippen LogP contribution in [0.1, 0.15) is 37.9 Å². The molecule has 1 amide bonds. The van der Waals surface area contributed by atoms with Crippen LogP contribution in [-0.2, 0) is 87.1 Å². The zero-order valence-electron chi connectivity index (χ0n) is 35.8. The molecule has 3 heterocycles. The molecule has 0 spiro atoms.